The number of pyridine rings is 2. The van der Waals surface area contributed by atoms with E-state index < -0.39 is 28.6 Å². The third-order valence-electron chi connectivity index (χ3n) is 5.10. The third-order valence-corrected chi connectivity index (χ3v) is 5.43. The van der Waals surface area contributed by atoms with E-state index in [1.54, 1.807) is 31.3 Å². The van der Waals surface area contributed by atoms with Crippen molar-refractivity contribution in [1.82, 2.24) is 19.7 Å². The Hall–Kier alpha value is -3.79. The first-order chi connectivity index (χ1) is 15.2. The van der Waals surface area contributed by atoms with E-state index in [-0.39, 0.29) is 16.8 Å². The van der Waals surface area contributed by atoms with Crippen molar-refractivity contribution >= 4 is 40.1 Å². The number of carbonyl (C=O) groups is 2. The number of imide groups is 1. The molecule has 1 aromatic carbocycles. The number of amides is 2. The van der Waals surface area contributed by atoms with Gasteiger partial charge in [0, 0.05) is 12.4 Å². The summed E-state index contributed by atoms with van der Waals surface area (Å²) < 4.78 is 41.3. The molecule has 0 bridgehead atoms. The Balaban J connectivity index is 1.68. The smallest absolute Gasteiger partial charge is 0.268 e. The monoisotopic (exact) mass is 457 g/mol. The molecule has 3 aromatic heterocycles. The van der Waals surface area contributed by atoms with E-state index in [1.807, 2.05) is 0 Å². The van der Waals surface area contributed by atoms with Gasteiger partial charge in [0.15, 0.2) is 11.5 Å². The van der Waals surface area contributed by atoms with Crippen molar-refractivity contribution in [2.24, 2.45) is 0 Å². The van der Waals surface area contributed by atoms with Gasteiger partial charge in [-0.15, -0.1) is 0 Å². The molecular formula is C21H11ClF3N5O2. The maximum Gasteiger partial charge on any atom is 0.417 e. The highest BCUT2D eigenvalue weighted by Gasteiger charge is 2.41. The molecule has 0 saturated heterocycles. The highest BCUT2D eigenvalue weighted by atomic mass is 35.5. The standard InChI is InChI=1S/C21H11ClF3N5O2/c1-10-16-17-12(9-27-18(16)30(28-10)15-4-2-3-7-26-15)19(31)29(20(17)32)11-5-6-14(22)13(8-11)21(23,24)25/h2-9H,1H3. The summed E-state index contributed by atoms with van der Waals surface area (Å²) in [6, 6.07) is 8.06. The molecule has 0 saturated carbocycles. The van der Waals surface area contributed by atoms with Gasteiger partial charge in [-0.1, -0.05) is 17.7 Å². The number of aromatic nitrogens is 4. The highest BCUT2D eigenvalue weighted by Crippen LogP contribution is 2.39. The van der Waals surface area contributed by atoms with E-state index in [0.29, 0.717) is 33.5 Å². The first-order valence-corrected chi connectivity index (χ1v) is 9.61. The van der Waals surface area contributed by atoms with Gasteiger partial charge in [0.25, 0.3) is 11.8 Å². The average molecular weight is 458 g/mol. The highest BCUT2D eigenvalue weighted by molar-refractivity contribution is 6.37. The van der Waals surface area contributed by atoms with E-state index >= 15 is 0 Å². The van der Waals surface area contributed by atoms with Crippen molar-refractivity contribution in [3.05, 3.63) is 76.2 Å². The summed E-state index contributed by atoms with van der Waals surface area (Å²) in [6.07, 6.45) is -1.96. The van der Waals surface area contributed by atoms with Crippen LogP contribution in [0.2, 0.25) is 5.02 Å². The van der Waals surface area contributed by atoms with Crippen LogP contribution >= 0.6 is 11.6 Å². The summed E-state index contributed by atoms with van der Waals surface area (Å²) in [5.74, 6) is -1.09. The lowest BCUT2D eigenvalue weighted by atomic mass is 10.1. The summed E-state index contributed by atoms with van der Waals surface area (Å²) in [7, 11) is 0. The van der Waals surface area contributed by atoms with Crippen LogP contribution in [0.1, 0.15) is 32.0 Å². The Morgan fingerprint density at radius 3 is 2.50 bits per heavy atom. The molecule has 160 valence electrons. The lowest BCUT2D eigenvalue weighted by Gasteiger charge is -2.17. The van der Waals surface area contributed by atoms with Crippen LogP contribution < -0.4 is 4.90 Å². The molecule has 0 aliphatic carbocycles. The molecule has 0 fully saturated rings. The Morgan fingerprint density at radius 2 is 1.81 bits per heavy atom. The van der Waals surface area contributed by atoms with E-state index in [1.165, 1.54) is 16.9 Å². The van der Waals surface area contributed by atoms with Crippen molar-refractivity contribution in [2.45, 2.75) is 13.1 Å². The number of anilines is 1. The summed E-state index contributed by atoms with van der Waals surface area (Å²) in [5, 5.41) is 4.20. The fraction of sp³-hybridized carbons (Fsp3) is 0.0952. The molecule has 0 radical (unpaired) electrons. The third kappa shape index (κ3) is 2.87. The number of aryl methyl sites for hydroxylation is 1. The van der Waals surface area contributed by atoms with Gasteiger partial charge in [-0.3, -0.25) is 9.59 Å². The number of fused-ring (bicyclic) bond motifs is 3. The Morgan fingerprint density at radius 1 is 1.03 bits per heavy atom. The fourth-order valence-electron chi connectivity index (χ4n) is 3.70. The number of hydrogen-bond donors (Lipinski definition) is 0. The van der Waals surface area contributed by atoms with E-state index in [0.717, 1.165) is 6.07 Å². The van der Waals surface area contributed by atoms with Crippen LogP contribution in [0.15, 0.2) is 48.8 Å². The molecule has 11 heteroatoms. The van der Waals surface area contributed by atoms with Crippen molar-refractivity contribution in [2.75, 3.05) is 4.90 Å². The van der Waals surface area contributed by atoms with Crippen LogP contribution in [0, 0.1) is 6.92 Å². The van der Waals surface area contributed by atoms with Gasteiger partial charge in [0.1, 0.15) is 0 Å². The molecule has 1 aliphatic heterocycles. The average Bonchev–Trinajstić information content (AvgIpc) is 3.22. The maximum absolute atomic E-state index is 13.3. The molecule has 0 unspecified atom stereocenters. The Labute approximate surface area is 183 Å². The quantitative estimate of drug-likeness (QED) is 0.411. The second kappa shape index (κ2) is 6.86. The number of hydrogen-bond acceptors (Lipinski definition) is 5. The molecule has 0 atom stereocenters. The zero-order valence-electron chi connectivity index (χ0n) is 16.2. The molecule has 4 heterocycles. The van der Waals surface area contributed by atoms with Crippen molar-refractivity contribution in [1.29, 1.82) is 0 Å². The molecule has 2 amide bonds. The van der Waals surface area contributed by atoms with Gasteiger partial charge in [0.05, 0.1) is 38.5 Å². The van der Waals surface area contributed by atoms with Gasteiger partial charge >= 0.3 is 6.18 Å². The molecule has 0 N–H and O–H groups in total. The molecule has 4 aromatic rings. The van der Waals surface area contributed by atoms with Crippen LogP contribution in [-0.4, -0.2) is 31.6 Å². The minimum atomic E-state index is -4.75. The molecule has 1 aliphatic rings. The minimum Gasteiger partial charge on any atom is -0.268 e. The largest absolute Gasteiger partial charge is 0.417 e. The minimum absolute atomic E-state index is 0.0188. The molecule has 0 spiro atoms. The summed E-state index contributed by atoms with van der Waals surface area (Å²) in [6.45, 7) is 1.65. The van der Waals surface area contributed by atoms with Gasteiger partial charge in [0.2, 0.25) is 0 Å². The van der Waals surface area contributed by atoms with Gasteiger partial charge in [-0.2, -0.15) is 23.0 Å². The number of nitrogens with zero attached hydrogens (tertiary/aromatic N) is 5. The van der Waals surface area contributed by atoms with Crippen molar-refractivity contribution in [3.63, 3.8) is 0 Å². The lowest BCUT2D eigenvalue weighted by Crippen LogP contribution is -2.29. The number of carbonyl (C=O) groups excluding carboxylic acids is 2. The van der Waals surface area contributed by atoms with E-state index in [9.17, 15) is 22.8 Å². The predicted octanol–water partition coefficient (Wildman–Crippen LogP) is 4.60. The van der Waals surface area contributed by atoms with Gasteiger partial charge in [-0.05, 0) is 37.3 Å². The summed E-state index contributed by atoms with van der Waals surface area (Å²) in [5.41, 5.74) is -0.649. The lowest BCUT2D eigenvalue weighted by molar-refractivity contribution is -0.137. The van der Waals surface area contributed by atoms with Crippen LogP contribution in [-0.2, 0) is 6.18 Å². The maximum atomic E-state index is 13.3. The van der Waals surface area contributed by atoms with E-state index in [2.05, 4.69) is 15.1 Å². The van der Waals surface area contributed by atoms with Crippen LogP contribution in [0.25, 0.3) is 16.9 Å². The summed E-state index contributed by atoms with van der Waals surface area (Å²) >= 11 is 5.67. The Bertz CT molecular complexity index is 1430. The second-order valence-electron chi connectivity index (χ2n) is 7.04. The Kier molecular flexibility index (Phi) is 4.31. The van der Waals surface area contributed by atoms with Crippen molar-refractivity contribution in [3.8, 4) is 5.82 Å². The van der Waals surface area contributed by atoms with Crippen molar-refractivity contribution < 1.29 is 22.8 Å². The van der Waals surface area contributed by atoms with Crippen LogP contribution in [0.3, 0.4) is 0 Å². The molecule has 5 rings (SSSR count). The SMILES string of the molecule is Cc1nn(-c2ccccn2)c2ncc3c(c12)C(=O)N(c1ccc(Cl)c(C(F)(F)F)c1)C3=O. The first kappa shape index (κ1) is 20.1. The zero-order chi connectivity index (χ0) is 22.8. The number of rotatable bonds is 2. The molecule has 7 nitrogen and oxygen atoms in total. The van der Waals surface area contributed by atoms with Gasteiger partial charge in [-0.25, -0.2) is 14.9 Å². The predicted molar refractivity (Wildman–Crippen MR) is 109 cm³/mol. The zero-order valence-corrected chi connectivity index (χ0v) is 16.9. The topological polar surface area (TPSA) is 81.0 Å². The number of halogens is 4. The second-order valence-corrected chi connectivity index (χ2v) is 7.45. The fourth-order valence-corrected chi connectivity index (χ4v) is 3.93. The van der Waals surface area contributed by atoms with Crippen LogP contribution in [0.4, 0.5) is 18.9 Å². The normalized spacial score (nSPS) is 13.8. The molecular weight excluding hydrogens is 447 g/mol. The summed E-state index contributed by atoms with van der Waals surface area (Å²) in [4.78, 5) is 35.5. The molecule has 32 heavy (non-hydrogen) atoms. The first-order valence-electron chi connectivity index (χ1n) is 9.23. The van der Waals surface area contributed by atoms with Gasteiger partial charge < -0.3 is 0 Å². The number of alkyl halides is 3. The van der Waals surface area contributed by atoms with E-state index in [4.69, 9.17) is 11.6 Å². The van der Waals surface area contributed by atoms with Crippen LogP contribution in [0.5, 0.6) is 0 Å². The number of benzene rings is 1.